The van der Waals surface area contributed by atoms with Gasteiger partial charge in [0.1, 0.15) is 11.6 Å². The average Bonchev–Trinajstić information content (AvgIpc) is 2.34. The lowest BCUT2D eigenvalue weighted by Gasteiger charge is -2.06. The van der Waals surface area contributed by atoms with Crippen LogP contribution < -0.4 is 10.1 Å². The Balaban J connectivity index is 2.57. The molecule has 0 unspecified atom stereocenters. The van der Waals surface area contributed by atoms with Crippen LogP contribution in [0.1, 0.15) is 23.2 Å². The van der Waals surface area contributed by atoms with Crippen molar-refractivity contribution in [3.8, 4) is 5.75 Å². The van der Waals surface area contributed by atoms with Gasteiger partial charge in [-0.25, -0.2) is 4.39 Å². The van der Waals surface area contributed by atoms with Crippen LogP contribution in [0.3, 0.4) is 0 Å². The fourth-order valence-corrected chi connectivity index (χ4v) is 1.86. The Labute approximate surface area is 114 Å². The molecular weight excluding hydrogens is 336 g/mol. The number of amides is 1. The second kappa shape index (κ2) is 7.47. The number of methoxy groups -OCH3 is 1. The zero-order chi connectivity index (χ0) is 12.7. The number of hydrogen-bond donors (Lipinski definition) is 1. The summed E-state index contributed by atoms with van der Waals surface area (Å²) in [5.74, 6) is -0.529. The van der Waals surface area contributed by atoms with Crippen molar-refractivity contribution < 1.29 is 13.9 Å². The van der Waals surface area contributed by atoms with E-state index in [1.165, 1.54) is 19.2 Å². The van der Waals surface area contributed by atoms with Gasteiger partial charge in [-0.1, -0.05) is 22.6 Å². The Kier molecular flexibility index (Phi) is 6.25. The van der Waals surface area contributed by atoms with Crippen LogP contribution in [0.2, 0.25) is 0 Å². The predicted octanol–water partition coefficient (Wildman–Crippen LogP) is 2.78. The molecule has 1 aromatic carbocycles. The minimum atomic E-state index is -0.559. The smallest absolute Gasteiger partial charge is 0.254 e. The quantitative estimate of drug-likeness (QED) is 0.486. The molecule has 0 atom stereocenters. The van der Waals surface area contributed by atoms with Gasteiger partial charge in [0.2, 0.25) is 0 Å². The van der Waals surface area contributed by atoms with Crippen LogP contribution >= 0.6 is 22.6 Å². The first kappa shape index (κ1) is 14.2. The molecule has 0 fully saturated rings. The summed E-state index contributed by atoms with van der Waals surface area (Å²) in [5.41, 5.74) is 0.0558. The Morgan fingerprint density at radius 3 is 2.82 bits per heavy atom. The topological polar surface area (TPSA) is 38.3 Å². The fraction of sp³-hybridized carbons (Fsp3) is 0.417. The van der Waals surface area contributed by atoms with Gasteiger partial charge in [-0.3, -0.25) is 4.79 Å². The van der Waals surface area contributed by atoms with Crippen LogP contribution in [-0.2, 0) is 0 Å². The molecule has 3 nitrogen and oxygen atoms in total. The average molecular weight is 351 g/mol. The van der Waals surface area contributed by atoms with E-state index in [4.69, 9.17) is 4.74 Å². The summed E-state index contributed by atoms with van der Waals surface area (Å²) in [7, 11) is 1.46. The van der Waals surface area contributed by atoms with Gasteiger partial charge in [0.15, 0.2) is 0 Å². The van der Waals surface area contributed by atoms with Crippen LogP contribution in [0.5, 0.6) is 5.75 Å². The van der Waals surface area contributed by atoms with E-state index in [2.05, 4.69) is 27.9 Å². The maximum Gasteiger partial charge on any atom is 0.254 e. The molecule has 0 heterocycles. The molecular formula is C12H15FINO2. The van der Waals surface area contributed by atoms with Crippen molar-refractivity contribution in [2.45, 2.75) is 12.8 Å². The molecule has 1 amide bonds. The second-order valence-corrected chi connectivity index (χ2v) is 4.58. The van der Waals surface area contributed by atoms with Gasteiger partial charge in [-0.15, -0.1) is 0 Å². The Morgan fingerprint density at radius 1 is 1.47 bits per heavy atom. The number of hydrogen-bond acceptors (Lipinski definition) is 2. The maximum atomic E-state index is 13.5. The molecule has 17 heavy (non-hydrogen) atoms. The molecule has 0 aliphatic carbocycles. The summed E-state index contributed by atoms with van der Waals surface area (Å²) in [4.78, 5) is 11.6. The third-order valence-corrected chi connectivity index (χ3v) is 3.03. The van der Waals surface area contributed by atoms with Gasteiger partial charge in [0.05, 0.1) is 12.7 Å². The summed E-state index contributed by atoms with van der Waals surface area (Å²) in [5, 5.41) is 2.69. The number of unbranched alkanes of at least 4 members (excludes halogenated alkanes) is 1. The standard InChI is InChI=1S/C12H15FINO2/c1-17-9-4-5-10(11(13)8-9)12(16)15-7-3-2-6-14/h4-5,8H,2-3,6-7H2,1H3,(H,15,16). The number of halogens is 2. The summed E-state index contributed by atoms with van der Waals surface area (Å²) in [6, 6.07) is 4.21. The second-order valence-electron chi connectivity index (χ2n) is 3.50. The van der Waals surface area contributed by atoms with Crippen molar-refractivity contribution in [2.75, 3.05) is 18.1 Å². The molecule has 1 aromatic rings. The molecule has 0 bridgehead atoms. The van der Waals surface area contributed by atoms with Crippen molar-refractivity contribution in [1.82, 2.24) is 5.32 Å². The lowest BCUT2D eigenvalue weighted by molar-refractivity contribution is 0.0949. The molecule has 0 saturated carbocycles. The van der Waals surface area contributed by atoms with Gasteiger partial charge in [0, 0.05) is 12.6 Å². The molecule has 1 rings (SSSR count). The Bertz CT molecular complexity index is 385. The molecule has 1 N–H and O–H groups in total. The van der Waals surface area contributed by atoms with Gasteiger partial charge in [-0.05, 0) is 29.4 Å². The molecule has 0 radical (unpaired) electrons. The highest BCUT2D eigenvalue weighted by atomic mass is 127. The van der Waals surface area contributed by atoms with E-state index < -0.39 is 5.82 Å². The highest BCUT2D eigenvalue weighted by Crippen LogP contribution is 2.16. The first-order valence-electron chi connectivity index (χ1n) is 5.36. The first-order valence-corrected chi connectivity index (χ1v) is 6.89. The van der Waals surface area contributed by atoms with Gasteiger partial charge >= 0.3 is 0 Å². The monoisotopic (exact) mass is 351 g/mol. The first-order chi connectivity index (χ1) is 8.19. The minimum Gasteiger partial charge on any atom is -0.497 e. The summed E-state index contributed by atoms with van der Waals surface area (Å²) < 4.78 is 19.5. The minimum absolute atomic E-state index is 0.0558. The Hall–Kier alpha value is -0.850. The van der Waals surface area contributed by atoms with Crippen LogP contribution in [0, 0.1) is 5.82 Å². The largest absolute Gasteiger partial charge is 0.497 e. The number of alkyl halides is 1. The highest BCUT2D eigenvalue weighted by Gasteiger charge is 2.11. The van der Waals surface area contributed by atoms with E-state index in [9.17, 15) is 9.18 Å². The molecule has 0 aliphatic rings. The number of rotatable bonds is 6. The lowest BCUT2D eigenvalue weighted by Crippen LogP contribution is -2.25. The van der Waals surface area contributed by atoms with Crippen LogP contribution in [0.4, 0.5) is 4.39 Å². The number of ether oxygens (including phenoxy) is 1. The van der Waals surface area contributed by atoms with E-state index in [0.29, 0.717) is 12.3 Å². The zero-order valence-corrected chi connectivity index (χ0v) is 11.8. The van der Waals surface area contributed by atoms with E-state index in [-0.39, 0.29) is 11.5 Å². The van der Waals surface area contributed by atoms with Crippen molar-refractivity contribution in [3.63, 3.8) is 0 Å². The zero-order valence-electron chi connectivity index (χ0n) is 9.63. The SMILES string of the molecule is COc1ccc(C(=O)NCCCCI)c(F)c1. The van der Waals surface area contributed by atoms with E-state index in [1.807, 2.05) is 0 Å². The molecule has 0 spiro atoms. The molecule has 94 valence electrons. The number of benzene rings is 1. The van der Waals surface area contributed by atoms with Crippen molar-refractivity contribution in [2.24, 2.45) is 0 Å². The van der Waals surface area contributed by atoms with Crippen LogP contribution in [0.15, 0.2) is 18.2 Å². The van der Waals surface area contributed by atoms with Crippen molar-refractivity contribution in [1.29, 1.82) is 0 Å². The van der Waals surface area contributed by atoms with E-state index in [1.54, 1.807) is 6.07 Å². The summed E-state index contributed by atoms with van der Waals surface area (Å²) in [6.45, 7) is 0.577. The van der Waals surface area contributed by atoms with Crippen molar-refractivity contribution in [3.05, 3.63) is 29.6 Å². The molecule has 5 heteroatoms. The predicted molar refractivity (Wildman–Crippen MR) is 73.4 cm³/mol. The van der Waals surface area contributed by atoms with Gasteiger partial charge in [-0.2, -0.15) is 0 Å². The summed E-state index contributed by atoms with van der Waals surface area (Å²) in [6.07, 6.45) is 1.96. The third kappa shape index (κ3) is 4.49. The highest BCUT2D eigenvalue weighted by molar-refractivity contribution is 14.1. The van der Waals surface area contributed by atoms with E-state index in [0.717, 1.165) is 17.3 Å². The normalized spacial score (nSPS) is 10.1. The molecule has 0 aromatic heterocycles. The third-order valence-electron chi connectivity index (χ3n) is 2.27. The number of carbonyl (C=O) groups excluding carboxylic acids is 1. The fourth-order valence-electron chi connectivity index (χ4n) is 1.32. The number of nitrogens with one attached hydrogen (secondary N) is 1. The van der Waals surface area contributed by atoms with Crippen LogP contribution in [-0.4, -0.2) is 24.0 Å². The Morgan fingerprint density at radius 2 is 2.24 bits per heavy atom. The van der Waals surface area contributed by atoms with Gasteiger partial charge in [0.25, 0.3) is 5.91 Å². The molecule has 0 saturated heterocycles. The lowest BCUT2D eigenvalue weighted by atomic mass is 10.2. The van der Waals surface area contributed by atoms with Gasteiger partial charge < -0.3 is 10.1 Å². The van der Waals surface area contributed by atoms with Crippen molar-refractivity contribution >= 4 is 28.5 Å². The van der Waals surface area contributed by atoms with Crippen LogP contribution in [0.25, 0.3) is 0 Å². The number of carbonyl (C=O) groups is 1. The van der Waals surface area contributed by atoms with E-state index >= 15 is 0 Å². The maximum absolute atomic E-state index is 13.5. The molecule has 0 aliphatic heterocycles. The summed E-state index contributed by atoms with van der Waals surface area (Å²) >= 11 is 2.28.